The fourth-order valence-electron chi connectivity index (χ4n) is 3.19. The molecule has 0 aliphatic carbocycles. The van der Waals surface area contributed by atoms with Crippen molar-refractivity contribution >= 4 is 5.91 Å². The third-order valence-corrected chi connectivity index (χ3v) is 4.44. The van der Waals surface area contributed by atoms with E-state index in [1.807, 2.05) is 0 Å². The molecule has 3 nitrogen and oxygen atoms in total. The molecule has 0 saturated carbocycles. The summed E-state index contributed by atoms with van der Waals surface area (Å²) in [6.45, 7) is 2.11. The van der Waals surface area contributed by atoms with Crippen molar-refractivity contribution in [1.29, 1.82) is 0 Å². The quantitative estimate of drug-likeness (QED) is 0.733. The zero-order valence-corrected chi connectivity index (χ0v) is 13.9. The van der Waals surface area contributed by atoms with Crippen LogP contribution in [0.4, 0.5) is 13.2 Å². The molecule has 1 fully saturated rings. The van der Waals surface area contributed by atoms with Gasteiger partial charge < -0.3 is 9.64 Å². The van der Waals surface area contributed by atoms with Crippen molar-refractivity contribution in [2.75, 3.05) is 26.8 Å². The predicted octanol–water partition coefficient (Wildman–Crippen LogP) is 3.91. The van der Waals surface area contributed by atoms with Crippen LogP contribution < -0.4 is 0 Å². The summed E-state index contributed by atoms with van der Waals surface area (Å²) in [6.07, 6.45) is -0.327. The van der Waals surface area contributed by atoms with E-state index in [4.69, 9.17) is 4.74 Å². The smallest absolute Gasteiger partial charge is 0.385 e. The first-order chi connectivity index (χ1) is 11.4. The average molecular weight is 343 g/mol. The van der Waals surface area contributed by atoms with Crippen molar-refractivity contribution in [3.63, 3.8) is 0 Å². The van der Waals surface area contributed by atoms with E-state index in [0.717, 1.165) is 37.8 Å². The second kappa shape index (κ2) is 8.51. The molecule has 24 heavy (non-hydrogen) atoms. The minimum absolute atomic E-state index is 0.0225. The van der Waals surface area contributed by atoms with Gasteiger partial charge in [-0.15, -0.1) is 0 Å². The van der Waals surface area contributed by atoms with Crippen LogP contribution in [0, 0.1) is 5.92 Å². The summed E-state index contributed by atoms with van der Waals surface area (Å²) in [5.41, 5.74) is -0.291. The molecule has 1 aliphatic rings. The van der Waals surface area contributed by atoms with Crippen LogP contribution in [0.5, 0.6) is 0 Å². The highest BCUT2D eigenvalue weighted by atomic mass is 19.4. The maximum Gasteiger partial charge on any atom is 0.416 e. The minimum Gasteiger partial charge on any atom is -0.385 e. The number of rotatable bonds is 6. The van der Waals surface area contributed by atoms with Gasteiger partial charge in [-0.1, -0.05) is 18.2 Å². The summed E-state index contributed by atoms with van der Waals surface area (Å²) in [4.78, 5) is 14.2. The SMILES string of the molecule is COCCC[C@H]1CCCN(C(=O)Cc2cccc(C(F)(F)F)c2)C1. The van der Waals surface area contributed by atoms with E-state index < -0.39 is 11.7 Å². The number of benzene rings is 1. The Kier molecular flexibility index (Phi) is 6.66. The van der Waals surface area contributed by atoms with E-state index >= 15 is 0 Å². The average Bonchev–Trinajstić information content (AvgIpc) is 2.55. The Morgan fingerprint density at radius 3 is 2.88 bits per heavy atom. The van der Waals surface area contributed by atoms with E-state index in [9.17, 15) is 18.0 Å². The number of hydrogen-bond donors (Lipinski definition) is 0. The molecule has 0 aromatic heterocycles. The van der Waals surface area contributed by atoms with Crippen LogP contribution in [0.15, 0.2) is 24.3 Å². The third kappa shape index (κ3) is 5.51. The van der Waals surface area contributed by atoms with Gasteiger partial charge in [0.05, 0.1) is 12.0 Å². The van der Waals surface area contributed by atoms with Gasteiger partial charge >= 0.3 is 6.18 Å². The lowest BCUT2D eigenvalue weighted by atomic mass is 9.93. The van der Waals surface area contributed by atoms with Crippen molar-refractivity contribution in [2.24, 2.45) is 5.92 Å². The van der Waals surface area contributed by atoms with Crippen LogP contribution in [-0.4, -0.2) is 37.6 Å². The highest BCUT2D eigenvalue weighted by Gasteiger charge is 2.30. The molecular formula is C18H24F3NO2. The summed E-state index contributed by atoms with van der Waals surface area (Å²) in [7, 11) is 1.67. The molecule has 1 aliphatic heterocycles. The Hall–Kier alpha value is -1.56. The van der Waals surface area contributed by atoms with Gasteiger partial charge in [-0.25, -0.2) is 0 Å². The van der Waals surface area contributed by atoms with Gasteiger partial charge in [0.25, 0.3) is 0 Å². The second-order valence-electron chi connectivity index (χ2n) is 6.36. The fraction of sp³-hybridized carbons (Fsp3) is 0.611. The Bertz CT molecular complexity index is 545. The van der Waals surface area contributed by atoms with Crippen LogP contribution in [-0.2, 0) is 22.1 Å². The van der Waals surface area contributed by atoms with Gasteiger partial charge in [0.1, 0.15) is 0 Å². The second-order valence-corrected chi connectivity index (χ2v) is 6.36. The van der Waals surface area contributed by atoms with Gasteiger partial charge in [0, 0.05) is 26.8 Å². The number of ether oxygens (including phenoxy) is 1. The summed E-state index contributed by atoms with van der Waals surface area (Å²) >= 11 is 0. The predicted molar refractivity (Wildman–Crippen MR) is 85.6 cm³/mol. The molecule has 2 rings (SSSR count). The van der Waals surface area contributed by atoms with Gasteiger partial charge in [-0.3, -0.25) is 4.79 Å². The molecule has 0 bridgehead atoms. The Morgan fingerprint density at radius 2 is 2.17 bits per heavy atom. The topological polar surface area (TPSA) is 29.5 Å². The zero-order chi connectivity index (χ0) is 17.6. The number of alkyl halides is 3. The summed E-state index contributed by atoms with van der Waals surface area (Å²) in [6, 6.07) is 5.03. The van der Waals surface area contributed by atoms with Crippen molar-refractivity contribution in [3.8, 4) is 0 Å². The van der Waals surface area contributed by atoms with Crippen LogP contribution in [0.1, 0.15) is 36.8 Å². The Balaban J connectivity index is 1.92. The van der Waals surface area contributed by atoms with Crippen LogP contribution in [0.3, 0.4) is 0 Å². The van der Waals surface area contributed by atoms with E-state index in [1.165, 1.54) is 6.07 Å². The number of amides is 1. The number of carbonyl (C=O) groups excluding carboxylic acids is 1. The molecule has 0 N–H and O–H groups in total. The van der Waals surface area contributed by atoms with Crippen LogP contribution in [0.25, 0.3) is 0 Å². The molecule has 0 radical (unpaired) electrons. The molecule has 1 aromatic carbocycles. The maximum absolute atomic E-state index is 12.8. The van der Waals surface area contributed by atoms with Crippen molar-refractivity contribution in [1.82, 2.24) is 4.90 Å². The number of piperidine rings is 1. The lowest BCUT2D eigenvalue weighted by Gasteiger charge is -2.33. The van der Waals surface area contributed by atoms with E-state index in [1.54, 1.807) is 18.1 Å². The number of likely N-dealkylation sites (tertiary alicyclic amines) is 1. The largest absolute Gasteiger partial charge is 0.416 e. The van der Waals surface area contributed by atoms with Gasteiger partial charge in [-0.2, -0.15) is 13.2 Å². The highest BCUT2D eigenvalue weighted by Crippen LogP contribution is 2.30. The summed E-state index contributed by atoms with van der Waals surface area (Å²) in [5, 5.41) is 0. The molecular weight excluding hydrogens is 319 g/mol. The Labute approximate surface area is 140 Å². The first-order valence-electron chi connectivity index (χ1n) is 8.33. The molecule has 1 amide bonds. The Morgan fingerprint density at radius 1 is 1.38 bits per heavy atom. The number of hydrogen-bond acceptors (Lipinski definition) is 2. The first kappa shape index (κ1) is 18.8. The summed E-state index contributed by atoms with van der Waals surface area (Å²) < 4.78 is 43.3. The van der Waals surface area contributed by atoms with Gasteiger partial charge in [0.15, 0.2) is 0 Å². The van der Waals surface area contributed by atoms with E-state index in [2.05, 4.69) is 0 Å². The van der Waals surface area contributed by atoms with Crippen LogP contribution >= 0.6 is 0 Å². The maximum atomic E-state index is 12.8. The lowest BCUT2D eigenvalue weighted by molar-refractivity contribution is -0.138. The van der Waals surface area contributed by atoms with Gasteiger partial charge in [0.2, 0.25) is 5.91 Å². The van der Waals surface area contributed by atoms with Crippen molar-refractivity contribution in [3.05, 3.63) is 35.4 Å². The molecule has 0 unspecified atom stereocenters. The molecule has 1 saturated heterocycles. The first-order valence-corrected chi connectivity index (χ1v) is 8.33. The molecule has 1 atom stereocenters. The molecule has 1 aromatic rings. The molecule has 134 valence electrons. The fourth-order valence-corrected chi connectivity index (χ4v) is 3.19. The third-order valence-electron chi connectivity index (χ3n) is 4.44. The normalized spacial score (nSPS) is 18.7. The monoisotopic (exact) mass is 343 g/mol. The molecule has 6 heteroatoms. The number of nitrogens with zero attached hydrogens (tertiary/aromatic N) is 1. The number of halogens is 3. The number of methoxy groups -OCH3 is 1. The summed E-state index contributed by atoms with van der Waals surface area (Å²) in [5.74, 6) is 0.366. The van der Waals surface area contributed by atoms with Gasteiger partial charge in [-0.05, 0) is 43.2 Å². The van der Waals surface area contributed by atoms with Crippen molar-refractivity contribution in [2.45, 2.75) is 38.3 Å². The minimum atomic E-state index is -4.38. The molecule has 0 spiro atoms. The standard InChI is InChI=1S/C18H24F3NO2/c1-24-10-4-7-14-6-3-9-22(13-14)17(23)12-15-5-2-8-16(11-15)18(19,20)21/h2,5,8,11,14H,3-4,6-7,9-10,12-13H2,1H3/t14-/m1/s1. The zero-order valence-electron chi connectivity index (χ0n) is 13.9. The highest BCUT2D eigenvalue weighted by molar-refractivity contribution is 5.79. The van der Waals surface area contributed by atoms with E-state index in [0.29, 0.717) is 31.2 Å². The number of carbonyl (C=O) groups is 1. The molecule has 1 heterocycles. The van der Waals surface area contributed by atoms with Crippen LogP contribution in [0.2, 0.25) is 0 Å². The van der Waals surface area contributed by atoms with Crippen molar-refractivity contribution < 1.29 is 22.7 Å². The lowest BCUT2D eigenvalue weighted by Crippen LogP contribution is -2.40. The van der Waals surface area contributed by atoms with E-state index in [-0.39, 0.29) is 12.3 Å².